The van der Waals surface area contributed by atoms with E-state index >= 15 is 0 Å². The molecular weight excluding hydrogens is 424 g/mol. The minimum absolute atomic E-state index is 0.0932. The largest absolute Gasteiger partial charge is 0.288 e. The Morgan fingerprint density at radius 3 is 2.06 bits per heavy atom. The zero-order chi connectivity index (χ0) is 23.1. The van der Waals surface area contributed by atoms with Crippen molar-refractivity contribution < 1.29 is 9.59 Å². The Morgan fingerprint density at radius 1 is 0.853 bits per heavy atom. The van der Waals surface area contributed by atoms with Gasteiger partial charge >= 0.3 is 0 Å². The zero-order valence-electron chi connectivity index (χ0n) is 19.2. The van der Waals surface area contributed by atoms with Gasteiger partial charge < -0.3 is 0 Å². The van der Waals surface area contributed by atoms with Crippen molar-refractivity contribution >= 4 is 11.8 Å². The summed E-state index contributed by atoms with van der Waals surface area (Å²) >= 11 is 0. The number of amides is 2. The van der Waals surface area contributed by atoms with Crippen LogP contribution in [0.3, 0.4) is 0 Å². The second kappa shape index (κ2) is 8.42. The second-order valence-corrected chi connectivity index (χ2v) is 10.6. The standard InChI is InChI=1S/C28H30N4O2/c33-26(18-28-15-19-11-20(16-28)13-21(12-19)17-28)29-30-27(34)25-14-24(22-7-3-1-4-8-22)31-32(25)23-9-5-2-6-10-23/h1-10,14,19-21H,11-13,15-18H2,(H,29,33)(H,30,34)/t19-,20-,21-,28?. The molecule has 6 heteroatoms. The third-order valence-electron chi connectivity index (χ3n) is 8.03. The highest BCUT2D eigenvalue weighted by Crippen LogP contribution is 2.61. The van der Waals surface area contributed by atoms with Crippen molar-refractivity contribution in [3.63, 3.8) is 0 Å². The number of nitrogens with zero attached hydrogens (tertiary/aromatic N) is 2. The molecule has 1 heterocycles. The summed E-state index contributed by atoms with van der Waals surface area (Å²) in [4.78, 5) is 26.1. The number of hydrogen-bond donors (Lipinski definition) is 2. The molecule has 4 saturated carbocycles. The second-order valence-electron chi connectivity index (χ2n) is 10.6. The van der Waals surface area contributed by atoms with Crippen LogP contribution in [0.5, 0.6) is 0 Å². The Kier molecular flexibility index (Phi) is 5.24. The van der Waals surface area contributed by atoms with Gasteiger partial charge in [0.25, 0.3) is 5.91 Å². The van der Waals surface area contributed by atoms with Crippen molar-refractivity contribution in [2.45, 2.75) is 44.9 Å². The van der Waals surface area contributed by atoms with E-state index in [-0.39, 0.29) is 17.2 Å². The summed E-state index contributed by atoms with van der Waals surface area (Å²) in [6.07, 6.45) is 8.06. The number of carbonyl (C=O) groups is 2. The van der Waals surface area contributed by atoms with E-state index in [0.29, 0.717) is 17.8 Å². The van der Waals surface area contributed by atoms with Crippen molar-refractivity contribution in [2.24, 2.45) is 23.2 Å². The van der Waals surface area contributed by atoms with E-state index < -0.39 is 0 Å². The minimum atomic E-state index is -0.377. The van der Waals surface area contributed by atoms with E-state index in [0.717, 1.165) is 29.0 Å². The van der Waals surface area contributed by atoms with Crippen LogP contribution in [0.4, 0.5) is 0 Å². The Balaban J connectivity index is 1.18. The van der Waals surface area contributed by atoms with Crippen molar-refractivity contribution in [3.05, 3.63) is 72.4 Å². The quantitative estimate of drug-likeness (QED) is 0.538. The van der Waals surface area contributed by atoms with E-state index in [4.69, 9.17) is 0 Å². The smallest absolute Gasteiger partial charge is 0.273 e. The average molecular weight is 455 g/mol. The van der Waals surface area contributed by atoms with Gasteiger partial charge in [0.2, 0.25) is 5.91 Å². The van der Waals surface area contributed by atoms with Gasteiger partial charge in [0.05, 0.1) is 11.4 Å². The first-order valence-corrected chi connectivity index (χ1v) is 12.4. The summed E-state index contributed by atoms with van der Waals surface area (Å²) in [6.45, 7) is 0. The predicted octanol–water partition coefficient (Wildman–Crippen LogP) is 4.91. The van der Waals surface area contributed by atoms with Gasteiger partial charge in [-0.15, -0.1) is 0 Å². The number of benzene rings is 2. The summed E-state index contributed by atoms with van der Waals surface area (Å²) in [7, 11) is 0. The molecule has 1 aromatic heterocycles. The topological polar surface area (TPSA) is 76.0 Å². The molecule has 3 aromatic rings. The Bertz CT molecular complexity index is 1170. The molecule has 4 bridgehead atoms. The van der Waals surface area contributed by atoms with Gasteiger partial charge in [-0.1, -0.05) is 48.5 Å². The van der Waals surface area contributed by atoms with Gasteiger partial charge in [-0.25, -0.2) is 4.68 Å². The molecule has 34 heavy (non-hydrogen) atoms. The summed E-state index contributed by atoms with van der Waals surface area (Å²) in [5.41, 5.74) is 8.29. The van der Waals surface area contributed by atoms with Crippen molar-refractivity contribution in [3.8, 4) is 16.9 Å². The van der Waals surface area contributed by atoms with E-state index in [1.807, 2.05) is 60.7 Å². The average Bonchev–Trinajstić information content (AvgIpc) is 3.28. The number of hydrazine groups is 1. The first-order valence-electron chi connectivity index (χ1n) is 12.4. The third-order valence-corrected chi connectivity index (χ3v) is 8.03. The maximum Gasteiger partial charge on any atom is 0.288 e. The van der Waals surface area contributed by atoms with Crippen LogP contribution in [0.1, 0.15) is 55.4 Å². The molecule has 6 nitrogen and oxygen atoms in total. The maximum absolute atomic E-state index is 13.2. The van der Waals surface area contributed by atoms with Crippen LogP contribution in [0.2, 0.25) is 0 Å². The fourth-order valence-electron chi connectivity index (χ4n) is 7.14. The lowest BCUT2D eigenvalue weighted by Crippen LogP contribution is -2.50. The van der Waals surface area contributed by atoms with Gasteiger partial charge in [0.15, 0.2) is 0 Å². The number of nitrogens with one attached hydrogen (secondary N) is 2. The summed E-state index contributed by atoms with van der Waals surface area (Å²) in [6, 6.07) is 21.1. The number of rotatable bonds is 5. The number of para-hydroxylation sites is 1. The molecule has 2 amide bonds. The van der Waals surface area contributed by atoms with E-state index in [9.17, 15) is 9.59 Å². The van der Waals surface area contributed by atoms with Gasteiger partial charge in [-0.2, -0.15) is 5.10 Å². The SMILES string of the molecule is O=C(CC12C[C@H]3C[C@H](C1)C[C@@H](C2)C3)NNC(=O)c1cc(-c2ccccc2)nn1-c1ccccc1. The highest BCUT2D eigenvalue weighted by molar-refractivity contribution is 5.95. The van der Waals surface area contributed by atoms with E-state index in [1.54, 1.807) is 10.7 Å². The fraction of sp³-hybridized carbons (Fsp3) is 0.393. The fourth-order valence-corrected chi connectivity index (χ4v) is 7.14. The van der Waals surface area contributed by atoms with Crippen LogP contribution in [-0.4, -0.2) is 21.6 Å². The summed E-state index contributed by atoms with van der Waals surface area (Å²) in [5.74, 6) is 1.92. The number of aromatic nitrogens is 2. The lowest BCUT2D eigenvalue weighted by molar-refractivity contribution is -0.130. The van der Waals surface area contributed by atoms with Crippen molar-refractivity contribution in [2.75, 3.05) is 0 Å². The monoisotopic (exact) mass is 454 g/mol. The molecule has 174 valence electrons. The normalized spacial score (nSPS) is 26.9. The van der Waals surface area contributed by atoms with E-state index in [2.05, 4.69) is 16.0 Å². The van der Waals surface area contributed by atoms with Gasteiger partial charge in [0, 0.05) is 12.0 Å². The van der Waals surface area contributed by atoms with Crippen LogP contribution < -0.4 is 10.9 Å². The van der Waals surface area contributed by atoms with Crippen molar-refractivity contribution in [1.29, 1.82) is 0 Å². The van der Waals surface area contributed by atoms with E-state index in [1.165, 1.54) is 38.5 Å². The lowest BCUT2D eigenvalue weighted by atomic mass is 9.49. The van der Waals surface area contributed by atoms with Gasteiger partial charge in [-0.3, -0.25) is 20.4 Å². The molecule has 4 aliphatic rings. The van der Waals surface area contributed by atoms with Crippen LogP contribution in [0.25, 0.3) is 16.9 Å². The third kappa shape index (κ3) is 4.02. The molecule has 7 rings (SSSR count). The predicted molar refractivity (Wildman–Crippen MR) is 130 cm³/mol. The summed E-state index contributed by atoms with van der Waals surface area (Å²) < 4.78 is 1.63. The molecule has 4 fully saturated rings. The Hall–Kier alpha value is -3.41. The number of hydrogen-bond acceptors (Lipinski definition) is 3. The highest BCUT2D eigenvalue weighted by Gasteiger charge is 2.51. The van der Waals surface area contributed by atoms with Crippen molar-refractivity contribution in [1.82, 2.24) is 20.6 Å². The van der Waals surface area contributed by atoms with Crippen LogP contribution >= 0.6 is 0 Å². The Morgan fingerprint density at radius 2 is 1.44 bits per heavy atom. The van der Waals surface area contributed by atoms with Gasteiger partial charge in [-0.05, 0) is 79.9 Å². The van der Waals surface area contributed by atoms with Gasteiger partial charge in [0.1, 0.15) is 5.69 Å². The molecule has 0 spiro atoms. The maximum atomic E-state index is 13.2. The molecule has 0 radical (unpaired) electrons. The first-order chi connectivity index (χ1) is 16.6. The first kappa shape index (κ1) is 21.1. The Labute approximate surface area is 199 Å². The zero-order valence-corrected chi connectivity index (χ0v) is 19.2. The molecule has 2 aromatic carbocycles. The molecule has 0 atom stereocenters. The lowest BCUT2D eigenvalue weighted by Gasteiger charge is -2.56. The molecule has 0 unspecified atom stereocenters. The molecular formula is C28H30N4O2. The van der Waals surface area contributed by atoms with Crippen LogP contribution in [0, 0.1) is 23.2 Å². The summed E-state index contributed by atoms with van der Waals surface area (Å²) in [5, 5.41) is 4.69. The number of carbonyl (C=O) groups excluding carboxylic acids is 2. The highest BCUT2D eigenvalue weighted by atomic mass is 16.2. The van der Waals surface area contributed by atoms with Crippen LogP contribution in [0.15, 0.2) is 66.7 Å². The molecule has 0 saturated heterocycles. The molecule has 0 aliphatic heterocycles. The molecule has 2 N–H and O–H groups in total. The molecule has 4 aliphatic carbocycles. The van der Waals surface area contributed by atoms with Crippen LogP contribution in [-0.2, 0) is 4.79 Å². The minimum Gasteiger partial charge on any atom is -0.273 e.